The minimum atomic E-state index is -0.850. The molecule has 216 valence electrons. The third kappa shape index (κ3) is 12.5. The number of rotatable bonds is 18. The molecule has 0 saturated carbocycles. The Balaban J connectivity index is 1.46. The summed E-state index contributed by atoms with van der Waals surface area (Å²) in [6.07, 6.45) is 7.35. The summed E-state index contributed by atoms with van der Waals surface area (Å²) in [5.41, 5.74) is 7.85. The number of carbonyl (C=O) groups excluding carboxylic acids is 2. The number of benzene rings is 2. The lowest BCUT2D eigenvalue weighted by Crippen LogP contribution is -2.37. The van der Waals surface area contributed by atoms with Gasteiger partial charge in [0.2, 0.25) is 0 Å². The van der Waals surface area contributed by atoms with Crippen molar-refractivity contribution in [2.45, 2.75) is 71.0 Å². The predicted octanol–water partition coefficient (Wildman–Crippen LogP) is 3.86. The first kappa shape index (κ1) is 32.0. The van der Waals surface area contributed by atoms with Gasteiger partial charge in [-0.1, -0.05) is 37.5 Å². The van der Waals surface area contributed by atoms with Crippen molar-refractivity contribution < 1.29 is 34.5 Å². The van der Waals surface area contributed by atoms with Crippen LogP contribution in [0.4, 0.5) is 10.5 Å². The van der Waals surface area contributed by atoms with Crippen molar-refractivity contribution in [2.24, 2.45) is 5.73 Å². The van der Waals surface area contributed by atoms with Gasteiger partial charge in [-0.15, -0.1) is 5.06 Å². The summed E-state index contributed by atoms with van der Waals surface area (Å²) in [4.78, 5) is 27.7. The minimum Gasteiger partial charge on any atom is -0.508 e. The lowest BCUT2D eigenvalue weighted by Gasteiger charge is -2.18. The molecule has 0 unspecified atom stereocenters. The normalized spacial score (nSPS) is 11.8. The zero-order valence-electron chi connectivity index (χ0n) is 22.8. The molecule has 1 atom stereocenters. The van der Waals surface area contributed by atoms with Crippen molar-refractivity contribution in [3.63, 3.8) is 0 Å². The van der Waals surface area contributed by atoms with E-state index in [9.17, 15) is 24.9 Å². The second kappa shape index (κ2) is 18.2. The molecule has 0 aromatic heterocycles. The largest absolute Gasteiger partial charge is 0.508 e. The topological polar surface area (TPSA) is 155 Å². The van der Waals surface area contributed by atoms with Crippen LogP contribution in [0.3, 0.4) is 0 Å². The van der Waals surface area contributed by atoms with Crippen LogP contribution in [0.1, 0.15) is 74.7 Å². The van der Waals surface area contributed by atoms with Crippen LogP contribution in [0, 0.1) is 0 Å². The van der Waals surface area contributed by atoms with E-state index in [1.54, 1.807) is 30.3 Å². The second-order valence-electron chi connectivity index (χ2n) is 9.49. The van der Waals surface area contributed by atoms with E-state index in [4.69, 9.17) is 15.3 Å². The number of phenols is 1. The molecule has 10 heteroatoms. The molecule has 2 rings (SSSR count). The summed E-state index contributed by atoms with van der Waals surface area (Å²) < 4.78 is 5.74. The minimum absolute atomic E-state index is 0.0303. The molecule has 0 aliphatic rings. The van der Waals surface area contributed by atoms with Gasteiger partial charge in [0, 0.05) is 32.2 Å². The van der Waals surface area contributed by atoms with E-state index in [-0.39, 0.29) is 12.4 Å². The number of nitrogens with one attached hydrogen (secondary N) is 1. The van der Waals surface area contributed by atoms with Gasteiger partial charge >= 0.3 is 12.0 Å². The molecular formula is C29H43N3O7. The molecule has 2 aromatic carbocycles. The van der Waals surface area contributed by atoms with Crippen LogP contribution in [-0.4, -0.2) is 53.6 Å². The summed E-state index contributed by atoms with van der Waals surface area (Å²) >= 11 is 0. The van der Waals surface area contributed by atoms with E-state index in [2.05, 4.69) is 5.32 Å². The Hall–Kier alpha value is -3.18. The fourth-order valence-corrected chi connectivity index (χ4v) is 4.11. The molecule has 10 nitrogen and oxygen atoms in total. The van der Waals surface area contributed by atoms with E-state index >= 15 is 0 Å². The van der Waals surface area contributed by atoms with Crippen LogP contribution in [-0.2, 0) is 27.4 Å². The number of aliphatic hydroxyl groups is 2. The number of unbranched alkanes of at least 4 members (excludes halogenated alkanes) is 5. The molecule has 0 spiro atoms. The van der Waals surface area contributed by atoms with E-state index in [1.165, 1.54) is 13.0 Å². The van der Waals surface area contributed by atoms with Crippen LogP contribution >= 0.6 is 0 Å². The number of aliphatic hydroxyl groups excluding tert-OH is 2. The Labute approximate surface area is 230 Å². The molecule has 2 aromatic rings. The Morgan fingerprint density at radius 1 is 1.00 bits per heavy atom. The van der Waals surface area contributed by atoms with E-state index in [0.29, 0.717) is 23.4 Å². The van der Waals surface area contributed by atoms with Crippen LogP contribution < -0.4 is 16.1 Å². The van der Waals surface area contributed by atoms with Gasteiger partial charge in [0.05, 0.1) is 18.4 Å². The van der Waals surface area contributed by atoms with Crippen LogP contribution in [0.2, 0.25) is 0 Å². The lowest BCUT2D eigenvalue weighted by atomic mass is 10.1. The molecule has 0 aliphatic heterocycles. The number of hydrogen-bond donors (Lipinski definition) is 5. The number of carbonyl (C=O) groups is 2. The highest BCUT2D eigenvalue weighted by atomic mass is 16.7. The first-order valence-electron chi connectivity index (χ1n) is 13.6. The van der Waals surface area contributed by atoms with Gasteiger partial charge in [-0.05, 0) is 74.0 Å². The molecule has 2 amide bonds. The van der Waals surface area contributed by atoms with E-state index in [0.717, 1.165) is 81.8 Å². The first-order chi connectivity index (χ1) is 18.8. The summed E-state index contributed by atoms with van der Waals surface area (Å²) in [6, 6.07) is 11.2. The molecule has 0 heterocycles. The lowest BCUT2D eigenvalue weighted by molar-refractivity contribution is -0.141. The number of primary amides is 1. The number of hydrogen-bond acceptors (Lipinski definition) is 8. The third-order valence-electron chi connectivity index (χ3n) is 6.21. The quantitative estimate of drug-likeness (QED) is 0.140. The highest BCUT2D eigenvalue weighted by Crippen LogP contribution is 2.22. The Bertz CT molecular complexity index is 1020. The predicted molar refractivity (Wildman–Crippen MR) is 149 cm³/mol. The van der Waals surface area contributed by atoms with Crippen molar-refractivity contribution in [2.75, 3.05) is 31.4 Å². The van der Waals surface area contributed by atoms with Gasteiger partial charge in [-0.2, -0.15) is 0 Å². The SMILES string of the molecule is CC(=O)ON(C(N)=O)c1cccc(CCCCCOCCCCCCNC[C@H](O)c2ccc(O)c(CO)c2)c1. The van der Waals surface area contributed by atoms with E-state index in [1.807, 2.05) is 6.07 Å². The molecule has 6 N–H and O–H groups in total. The molecule has 0 saturated heterocycles. The summed E-state index contributed by atoms with van der Waals surface area (Å²) in [6.45, 7) is 3.67. The van der Waals surface area contributed by atoms with Gasteiger partial charge < -0.3 is 35.9 Å². The number of amides is 2. The number of nitrogens with zero attached hydrogens (tertiary/aromatic N) is 1. The standard InChI is InChI=1S/C29H43N3O7/c1-22(34)39-32(29(30)37)26-12-9-11-23(18-26)10-5-4-8-17-38-16-7-3-2-6-15-31-20-28(36)24-13-14-27(35)25(19-24)21-33/h9,11-14,18-19,28,31,33,35-36H,2-8,10,15-17,20-21H2,1H3,(H2,30,37)/t28-/m0/s1. The fraction of sp³-hybridized carbons (Fsp3) is 0.517. The summed E-state index contributed by atoms with van der Waals surface area (Å²) in [7, 11) is 0. The smallest absolute Gasteiger partial charge is 0.352 e. The second-order valence-corrected chi connectivity index (χ2v) is 9.49. The maximum absolute atomic E-state index is 11.6. The van der Waals surface area contributed by atoms with Gasteiger partial charge in [-0.25, -0.2) is 9.59 Å². The highest BCUT2D eigenvalue weighted by molar-refractivity contribution is 5.90. The van der Waals surface area contributed by atoms with E-state index < -0.39 is 18.1 Å². The van der Waals surface area contributed by atoms with Crippen molar-refractivity contribution in [1.29, 1.82) is 0 Å². The zero-order chi connectivity index (χ0) is 28.5. The van der Waals surface area contributed by atoms with Crippen molar-refractivity contribution >= 4 is 17.7 Å². The summed E-state index contributed by atoms with van der Waals surface area (Å²) in [5, 5.41) is 33.2. The number of aryl methyl sites for hydroxylation is 1. The Kier molecular flexibility index (Phi) is 14.9. The van der Waals surface area contributed by atoms with Crippen LogP contribution in [0.25, 0.3) is 0 Å². The number of urea groups is 1. The summed E-state index contributed by atoms with van der Waals surface area (Å²) in [5.74, 6) is -0.586. The van der Waals surface area contributed by atoms with Gasteiger partial charge in [0.15, 0.2) is 0 Å². The highest BCUT2D eigenvalue weighted by Gasteiger charge is 2.16. The van der Waals surface area contributed by atoms with Gasteiger partial charge in [0.1, 0.15) is 5.75 Å². The number of aromatic hydroxyl groups is 1. The first-order valence-corrected chi connectivity index (χ1v) is 13.6. The van der Waals surface area contributed by atoms with Gasteiger partial charge in [-0.3, -0.25) is 0 Å². The third-order valence-corrected chi connectivity index (χ3v) is 6.21. The van der Waals surface area contributed by atoms with Gasteiger partial charge in [0.25, 0.3) is 0 Å². The number of ether oxygens (including phenoxy) is 1. The van der Waals surface area contributed by atoms with Crippen molar-refractivity contribution in [3.8, 4) is 5.75 Å². The zero-order valence-corrected chi connectivity index (χ0v) is 22.8. The average Bonchev–Trinajstić information content (AvgIpc) is 2.92. The van der Waals surface area contributed by atoms with Crippen molar-refractivity contribution in [3.05, 3.63) is 59.2 Å². The number of nitrogens with two attached hydrogens (primary N) is 1. The molecule has 39 heavy (non-hydrogen) atoms. The Morgan fingerprint density at radius 3 is 2.41 bits per heavy atom. The molecule has 0 aliphatic carbocycles. The van der Waals surface area contributed by atoms with Crippen molar-refractivity contribution in [1.82, 2.24) is 5.32 Å². The average molecular weight is 546 g/mol. The monoisotopic (exact) mass is 545 g/mol. The van der Waals surface area contributed by atoms with Crippen LogP contribution in [0.5, 0.6) is 5.75 Å². The molecular weight excluding hydrogens is 502 g/mol. The fourth-order valence-electron chi connectivity index (χ4n) is 4.11. The van der Waals surface area contributed by atoms with Crippen LogP contribution in [0.15, 0.2) is 42.5 Å². The number of hydroxylamine groups is 1. The molecule has 0 fully saturated rings. The maximum Gasteiger partial charge on any atom is 0.352 e. The molecule has 0 radical (unpaired) electrons. The Morgan fingerprint density at radius 2 is 1.72 bits per heavy atom. The maximum atomic E-state index is 11.6. The number of anilines is 1. The molecule has 0 bridgehead atoms.